The molecule has 1 aliphatic rings. The molecule has 1 aromatic heterocycles. The molecule has 1 aliphatic carbocycles. The van der Waals surface area contributed by atoms with E-state index in [0.29, 0.717) is 12.8 Å². The number of hydrogen-bond donors (Lipinski definition) is 2. The Morgan fingerprint density at radius 3 is 2.71 bits per heavy atom. The minimum Gasteiger partial charge on any atom is -0.481 e. The normalized spacial score (nSPS) is 24.2. The Bertz CT molecular complexity index is 412. The second-order valence-corrected chi connectivity index (χ2v) is 5.44. The lowest BCUT2D eigenvalue weighted by atomic mass is 9.96. The minimum absolute atomic E-state index is 0.176. The summed E-state index contributed by atoms with van der Waals surface area (Å²) in [5.74, 6) is -2.87. The van der Waals surface area contributed by atoms with Crippen LogP contribution >= 0.6 is 11.3 Å². The van der Waals surface area contributed by atoms with Crippen LogP contribution in [0.5, 0.6) is 0 Å². The van der Waals surface area contributed by atoms with Crippen LogP contribution < -0.4 is 0 Å². The van der Waals surface area contributed by atoms with Gasteiger partial charge in [0.2, 0.25) is 0 Å². The first-order valence-corrected chi connectivity index (χ1v) is 6.45. The maximum Gasteiger partial charge on any atom is 0.306 e. The molecule has 0 amide bonds. The molecule has 0 spiro atoms. The summed E-state index contributed by atoms with van der Waals surface area (Å²) in [5, 5.41) is 19.9. The molecule has 0 aromatic carbocycles. The van der Waals surface area contributed by atoms with Crippen molar-refractivity contribution >= 4 is 23.3 Å². The van der Waals surface area contributed by atoms with E-state index in [0.717, 1.165) is 11.3 Å². The number of hydrogen-bond acceptors (Lipinski definition) is 3. The molecule has 5 heteroatoms. The van der Waals surface area contributed by atoms with E-state index < -0.39 is 23.8 Å². The van der Waals surface area contributed by atoms with Crippen molar-refractivity contribution in [3.8, 4) is 0 Å². The molecular weight excluding hydrogens is 240 g/mol. The van der Waals surface area contributed by atoms with Crippen LogP contribution in [-0.4, -0.2) is 22.2 Å². The van der Waals surface area contributed by atoms with Gasteiger partial charge in [0.1, 0.15) is 0 Å². The Morgan fingerprint density at radius 2 is 2.24 bits per heavy atom. The molecule has 92 valence electrons. The highest BCUT2D eigenvalue weighted by Crippen LogP contribution is 2.46. The summed E-state index contributed by atoms with van der Waals surface area (Å²) in [6, 6.07) is 3.91. The number of carboxylic acids is 2. The Labute approximate surface area is 103 Å². The van der Waals surface area contributed by atoms with Gasteiger partial charge in [-0.2, -0.15) is 0 Å². The van der Waals surface area contributed by atoms with Crippen LogP contribution in [0.3, 0.4) is 0 Å². The van der Waals surface area contributed by atoms with E-state index in [1.54, 1.807) is 11.3 Å². The van der Waals surface area contributed by atoms with Crippen LogP contribution in [0, 0.1) is 17.8 Å². The first kappa shape index (κ1) is 12.1. The summed E-state index contributed by atoms with van der Waals surface area (Å²) in [6.07, 6.45) is 1.76. The van der Waals surface area contributed by atoms with Gasteiger partial charge in [-0.25, -0.2) is 0 Å². The van der Waals surface area contributed by atoms with Gasteiger partial charge in [0, 0.05) is 4.88 Å². The van der Waals surface area contributed by atoms with Crippen molar-refractivity contribution in [1.29, 1.82) is 0 Å². The largest absolute Gasteiger partial charge is 0.481 e. The monoisotopic (exact) mass is 254 g/mol. The molecule has 0 aliphatic heterocycles. The lowest BCUT2D eigenvalue weighted by molar-refractivity contribution is -0.143. The zero-order chi connectivity index (χ0) is 12.4. The van der Waals surface area contributed by atoms with Crippen LogP contribution in [0.4, 0.5) is 0 Å². The van der Waals surface area contributed by atoms with Crippen LogP contribution in [0.2, 0.25) is 0 Å². The molecule has 1 fully saturated rings. The van der Waals surface area contributed by atoms with Crippen molar-refractivity contribution in [2.75, 3.05) is 0 Å². The average Bonchev–Trinajstić information content (AvgIpc) is 2.86. The van der Waals surface area contributed by atoms with Gasteiger partial charge in [-0.15, -0.1) is 11.3 Å². The second kappa shape index (κ2) is 4.87. The average molecular weight is 254 g/mol. The summed E-state index contributed by atoms with van der Waals surface area (Å²) < 4.78 is 0. The SMILES string of the molecule is O=C(O)C(CCc1cccs1)C1CC1C(=O)O. The summed E-state index contributed by atoms with van der Waals surface area (Å²) >= 11 is 1.61. The molecule has 17 heavy (non-hydrogen) atoms. The van der Waals surface area contributed by atoms with Gasteiger partial charge in [-0.05, 0) is 36.6 Å². The molecule has 0 saturated heterocycles. The lowest BCUT2D eigenvalue weighted by Gasteiger charge is -2.10. The maximum absolute atomic E-state index is 11.1. The van der Waals surface area contributed by atoms with Gasteiger partial charge in [0.05, 0.1) is 11.8 Å². The van der Waals surface area contributed by atoms with Crippen molar-refractivity contribution in [1.82, 2.24) is 0 Å². The third-order valence-electron chi connectivity index (χ3n) is 3.27. The van der Waals surface area contributed by atoms with Crippen molar-refractivity contribution in [2.45, 2.75) is 19.3 Å². The van der Waals surface area contributed by atoms with Gasteiger partial charge in [0.25, 0.3) is 0 Å². The van der Waals surface area contributed by atoms with E-state index in [2.05, 4.69) is 0 Å². The van der Waals surface area contributed by atoms with Gasteiger partial charge in [-0.3, -0.25) is 9.59 Å². The standard InChI is InChI=1S/C12H14O4S/c13-11(14)8(9-6-10(9)12(15)16)4-3-7-2-1-5-17-7/h1-2,5,8-10H,3-4,6H2,(H,13,14)(H,15,16). The maximum atomic E-state index is 11.1. The van der Waals surface area contributed by atoms with Gasteiger partial charge >= 0.3 is 11.9 Å². The van der Waals surface area contributed by atoms with E-state index in [9.17, 15) is 9.59 Å². The number of aryl methyl sites for hydroxylation is 1. The summed E-state index contributed by atoms with van der Waals surface area (Å²) in [4.78, 5) is 23.0. The highest BCUT2D eigenvalue weighted by molar-refractivity contribution is 7.09. The lowest BCUT2D eigenvalue weighted by Crippen LogP contribution is -2.19. The highest BCUT2D eigenvalue weighted by Gasteiger charge is 2.50. The van der Waals surface area contributed by atoms with Gasteiger partial charge < -0.3 is 10.2 Å². The Hall–Kier alpha value is -1.36. The number of thiophene rings is 1. The smallest absolute Gasteiger partial charge is 0.306 e. The fraction of sp³-hybridized carbons (Fsp3) is 0.500. The molecule has 0 bridgehead atoms. The Balaban J connectivity index is 1.91. The van der Waals surface area contributed by atoms with E-state index in [4.69, 9.17) is 10.2 Å². The van der Waals surface area contributed by atoms with Gasteiger partial charge in [0.15, 0.2) is 0 Å². The quantitative estimate of drug-likeness (QED) is 0.815. The Kier molecular flexibility index (Phi) is 3.47. The number of carbonyl (C=O) groups is 2. The van der Waals surface area contributed by atoms with Crippen LogP contribution in [-0.2, 0) is 16.0 Å². The molecular formula is C12H14O4S. The van der Waals surface area contributed by atoms with Crippen molar-refractivity contribution in [3.63, 3.8) is 0 Å². The molecule has 4 nitrogen and oxygen atoms in total. The molecule has 1 aromatic rings. The number of carboxylic acid groups (broad SMARTS) is 2. The predicted molar refractivity (Wildman–Crippen MR) is 63.0 cm³/mol. The van der Waals surface area contributed by atoms with E-state index in [1.165, 1.54) is 0 Å². The van der Waals surface area contributed by atoms with Crippen molar-refractivity contribution in [3.05, 3.63) is 22.4 Å². The van der Waals surface area contributed by atoms with Crippen LogP contribution in [0.15, 0.2) is 17.5 Å². The highest BCUT2D eigenvalue weighted by atomic mass is 32.1. The van der Waals surface area contributed by atoms with E-state index >= 15 is 0 Å². The fourth-order valence-electron chi connectivity index (χ4n) is 2.22. The fourth-order valence-corrected chi connectivity index (χ4v) is 2.94. The summed E-state index contributed by atoms with van der Waals surface area (Å²) in [7, 11) is 0. The number of rotatable bonds is 6. The third-order valence-corrected chi connectivity index (χ3v) is 4.21. The van der Waals surface area contributed by atoms with E-state index in [-0.39, 0.29) is 5.92 Å². The first-order chi connectivity index (χ1) is 8.09. The molecule has 1 heterocycles. The minimum atomic E-state index is -0.865. The summed E-state index contributed by atoms with van der Waals surface area (Å²) in [6.45, 7) is 0. The molecule has 1 saturated carbocycles. The first-order valence-electron chi connectivity index (χ1n) is 5.57. The number of aliphatic carboxylic acids is 2. The zero-order valence-corrected chi connectivity index (χ0v) is 10.0. The van der Waals surface area contributed by atoms with E-state index in [1.807, 2.05) is 17.5 Å². The predicted octanol–water partition coefficient (Wildman–Crippen LogP) is 2.10. The Morgan fingerprint density at radius 1 is 1.47 bits per heavy atom. The molecule has 2 N–H and O–H groups in total. The third kappa shape index (κ3) is 2.85. The van der Waals surface area contributed by atoms with Crippen molar-refractivity contribution in [2.24, 2.45) is 17.8 Å². The second-order valence-electron chi connectivity index (χ2n) is 4.41. The topological polar surface area (TPSA) is 74.6 Å². The summed E-state index contributed by atoms with van der Waals surface area (Å²) in [5.41, 5.74) is 0. The molecule has 0 radical (unpaired) electrons. The van der Waals surface area contributed by atoms with Crippen LogP contribution in [0.1, 0.15) is 17.7 Å². The molecule has 2 rings (SSSR count). The van der Waals surface area contributed by atoms with Gasteiger partial charge in [-0.1, -0.05) is 6.07 Å². The van der Waals surface area contributed by atoms with Crippen LogP contribution in [0.25, 0.3) is 0 Å². The zero-order valence-electron chi connectivity index (χ0n) is 9.20. The van der Waals surface area contributed by atoms with Crippen molar-refractivity contribution < 1.29 is 19.8 Å². The molecule has 3 unspecified atom stereocenters. The molecule has 3 atom stereocenters.